The number of hydrogen-bond acceptors (Lipinski definition) is 5. The molecule has 1 N–H and O–H groups in total. The average Bonchev–Trinajstić information content (AvgIpc) is 1.85. The number of carbonyl (C=O) groups is 1. The molecule has 0 aromatic carbocycles. The summed E-state index contributed by atoms with van der Waals surface area (Å²) < 4.78 is 0. The first-order valence-corrected chi connectivity index (χ1v) is 2.59. The SMILES string of the molecule is O=C([O-])c1cnc(=O)[nH]c1[O-]. The Labute approximate surface area is 60.1 Å². The Bertz CT molecular complexity index is 343. The van der Waals surface area contributed by atoms with Gasteiger partial charge in [-0.15, -0.1) is 0 Å². The van der Waals surface area contributed by atoms with Crippen molar-refractivity contribution < 1.29 is 15.0 Å². The fourth-order valence-electron chi connectivity index (χ4n) is 0.524. The minimum absolute atomic E-state index is 0.649. The summed E-state index contributed by atoms with van der Waals surface area (Å²) in [5.41, 5.74) is -1.52. The Morgan fingerprint density at radius 1 is 1.64 bits per heavy atom. The lowest BCUT2D eigenvalue weighted by Crippen LogP contribution is -2.26. The Morgan fingerprint density at radius 2 is 2.27 bits per heavy atom. The zero-order chi connectivity index (χ0) is 8.43. The molecule has 1 aromatic rings. The van der Waals surface area contributed by atoms with Gasteiger partial charge in [0.15, 0.2) is 0 Å². The molecule has 0 radical (unpaired) electrons. The monoisotopic (exact) mass is 154 g/mol. The van der Waals surface area contributed by atoms with Gasteiger partial charge in [0.2, 0.25) is 0 Å². The molecule has 0 aliphatic heterocycles. The van der Waals surface area contributed by atoms with Crippen molar-refractivity contribution >= 4 is 5.97 Å². The van der Waals surface area contributed by atoms with Crippen LogP contribution in [0.3, 0.4) is 0 Å². The number of nitrogens with zero attached hydrogens (tertiary/aromatic N) is 1. The first-order chi connectivity index (χ1) is 5.11. The van der Waals surface area contributed by atoms with E-state index in [1.807, 2.05) is 0 Å². The fraction of sp³-hybridized carbons (Fsp3) is 0. The summed E-state index contributed by atoms with van der Waals surface area (Å²) in [4.78, 5) is 25.1. The van der Waals surface area contributed by atoms with E-state index in [-0.39, 0.29) is 0 Å². The van der Waals surface area contributed by atoms with Crippen LogP contribution in [0.25, 0.3) is 0 Å². The van der Waals surface area contributed by atoms with Gasteiger partial charge < -0.3 is 20.0 Å². The number of aromatic amines is 1. The highest BCUT2D eigenvalue weighted by Crippen LogP contribution is 2.01. The van der Waals surface area contributed by atoms with E-state index in [0.29, 0.717) is 6.20 Å². The van der Waals surface area contributed by atoms with Crippen molar-refractivity contribution in [3.05, 3.63) is 22.2 Å². The van der Waals surface area contributed by atoms with Crippen LogP contribution in [0.1, 0.15) is 10.4 Å². The van der Waals surface area contributed by atoms with Crippen LogP contribution in [0, 0.1) is 0 Å². The van der Waals surface area contributed by atoms with Crippen molar-refractivity contribution in [2.45, 2.75) is 0 Å². The predicted octanol–water partition coefficient (Wildman–Crippen LogP) is -2.79. The van der Waals surface area contributed by atoms with Crippen molar-refractivity contribution in [1.29, 1.82) is 0 Å². The van der Waals surface area contributed by atoms with E-state index in [9.17, 15) is 19.8 Å². The normalized spacial score (nSPS) is 9.45. The summed E-state index contributed by atoms with van der Waals surface area (Å²) in [7, 11) is 0. The number of carboxylic acids is 1. The molecule has 1 heterocycles. The topological polar surface area (TPSA) is 109 Å². The highest BCUT2D eigenvalue weighted by Gasteiger charge is 1.94. The maximum Gasteiger partial charge on any atom is 0.344 e. The standard InChI is InChI=1S/C5H4N2O4/c8-3-2(4(9)10)1-6-5(11)7-3/h1H,(H,9,10)(H2,6,7,8,11)/p-2. The van der Waals surface area contributed by atoms with Crippen molar-refractivity contribution in [3.63, 3.8) is 0 Å². The molecule has 58 valence electrons. The molecule has 0 saturated carbocycles. The van der Waals surface area contributed by atoms with Gasteiger partial charge in [0, 0.05) is 11.8 Å². The van der Waals surface area contributed by atoms with E-state index in [4.69, 9.17) is 0 Å². The van der Waals surface area contributed by atoms with Crippen molar-refractivity contribution in [2.24, 2.45) is 0 Å². The van der Waals surface area contributed by atoms with E-state index >= 15 is 0 Å². The second kappa shape index (κ2) is 2.41. The molecule has 0 aliphatic rings. The third-order valence-corrected chi connectivity index (χ3v) is 0.996. The van der Waals surface area contributed by atoms with E-state index in [1.165, 1.54) is 0 Å². The molecule has 1 rings (SSSR count). The molecular weight excluding hydrogens is 152 g/mol. The predicted molar refractivity (Wildman–Crippen MR) is 28.6 cm³/mol. The highest BCUT2D eigenvalue weighted by molar-refractivity contribution is 5.87. The Morgan fingerprint density at radius 3 is 2.73 bits per heavy atom. The smallest absolute Gasteiger partial charge is 0.344 e. The number of H-pyrrole nitrogens is 1. The highest BCUT2D eigenvalue weighted by atomic mass is 16.4. The summed E-state index contributed by atoms with van der Waals surface area (Å²) in [6, 6.07) is 0. The first kappa shape index (κ1) is 7.26. The minimum atomic E-state index is -1.65. The number of nitrogens with one attached hydrogen (secondary N) is 1. The van der Waals surface area contributed by atoms with Crippen molar-refractivity contribution in [2.75, 3.05) is 0 Å². The molecule has 1 aromatic heterocycles. The fourth-order valence-corrected chi connectivity index (χ4v) is 0.524. The van der Waals surface area contributed by atoms with E-state index in [1.54, 1.807) is 4.98 Å². The minimum Gasteiger partial charge on any atom is -0.860 e. The Hall–Kier alpha value is -1.85. The average molecular weight is 154 g/mol. The maximum absolute atomic E-state index is 10.6. The summed E-state index contributed by atoms with van der Waals surface area (Å²) >= 11 is 0. The summed E-state index contributed by atoms with van der Waals surface area (Å²) in [6.07, 6.45) is 0.663. The van der Waals surface area contributed by atoms with Crippen LogP contribution in [-0.4, -0.2) is 15.9 Å². The third kappa shape index (κ3) is 1.34. The van der Waals surface area contributed by atoms with E-state index in [0.717, 1.165) is 0 Å². The summed E-state index contributed by atoms with van der Waals surface area (Å²) in [5, 5.41) is 20.6. The van der Waals surface area contributed by atoms with Gasteiger partial charge in [0.25, 0.3) is 0 Å². The molecule has 0 bridgehead atoms. The van der Waals surface area contributed by atoms with Gasteiger partial charge >= 0.3 is 5.69 Å². The lowest BCUT2D eigenvalue weighted by molar-refractivity contribution is -0.281. The first-order valence-electron chi connectivity index (χ1n) is 2.59. The molecule has 0 amide bonds. The van der Waals surface area contributed by atoms with Crippen LogP contribution in [0.5, 0.6) is 5.88 Å². The van der Waals surface area contributed by atoms with Gasteiger partial charge in [0.1, 0.15) is 0 Å². The van der Waals surface area contributed by atoms with Gasteiger partial charge in [-0.2, -0.15) is 0 Å². The summed E-state index contributed by atoms with van der Waals surface area (Å²) in [5.74, 6) is -2.65. The molecule has 6 nitrogen and oxygen atoms in total. The number of hydrogen-bond donors (Lipinski definition) is 1. The number of aromatic nitrogens is 2. The molecule has 0 unspecified atom stereocenters. The van der Waals surface area contributed by atoms with E-state index in [2.05, 4.69) is 4.98 Å². The van der Waals surface area contributed by atoms with Crippen LogP contribution in [0.15, 0.2) is 11.0 Å². The molecular formula is C5H2N2O4-2. The van der Waals surface area contributed by atoms with Crippen LogP contribution in [0.4, 0.5) is 0 Å². The van der Waals surface area contributed by atoms with Crippen LogP contribution in [0.2, 0.25) is 0 Å². The second-order valence-electron chi connectivity index (χ2n) is 1.72. The number of rotatable bonds is 1. The van der Waals surface area contributed by atoms with Gasteiger partial charge in [0.05, 0.1) is 5.97 Å². The molecule has 0 saturated heterocycles. The van der Waals surface area contributed by atoms with Gasteiger partial charge in [-0.25, -0.2) is 9.78 Å². The molecule has 0 aliphatic carbocycles. The van der Waals surface area contributed by atoms with Crippen molar-refractivity contribution in [3.8, 4) is 5.88 Å². The third-order valence-electron chi connectivity index (χ3n) is 0.996. The molecule has 0 fully saturated rings. The van der Waals surface area contributed by atoms with Crippen LogP contribution >= 0.6 is 0 Å². The zero-order valence-corrected chi connectivity index (χ0v) is 5.16. The number of carboxylic acid groups (broad SMARTS) is 1. The second-order valence-corrected chi connectivity index (χ2v) is 1.72. The van der Waals surface area contributed by atoms with E-state index < -0.39 is 23.1 Å². The maximum atomic E-state index is 10.6. The van der Waals surface area contributed by atoms with Gasteiger partial charge in [-0.3, -0.25) is 0 Å². The molecule has 11 heavy (non-hydrogen) atoms. The molecule has 0 spiro atoms. The van der Waals surface area contributed by atoms with Crippen LogP contribution < -0.4 is 15.9 Å². The van der Waals surface area contributed by atoms with Crippen molar-refractivity contribution in [1.82, 2.24) is 9.97 Å². The van der Waals surface area contributed by atoms with Gasteiger partial charge in [-0.05, 0) is 5.88 Å². The Balaban J connectivity index is 3.31. The number of carbonyl (C=O) groups excluding carboxylic acids is 1. The molecule has 0 atom stereocenters. The largest absolute Gasteiger partial charge is 0.860 e. The number of aromatic carboxylic acids is 1. The summed E-state index contributed by atoms with van der Waals surface area (Å²) in [6.45, 7) is 0. The molecule has 6 heteroatoms. The lowest BCUT2D eigenvalue weighted by Gasteiger charge is -2.10. The lowest BCUT2D eigenvalue weighted by atomic mass is 10.3. The zero-order valence-electron chi connectivity index (χ0n) is 5.16. The van der Waals surface area contributed by atoms with Crippen LogP contribution in [-0.2, 0) is 0 Å². The van der Waals surface area contributed by atoms with Gasteiger partial charge in [-0.1, -0.05) is 0 Å². The Kier molecular flexibility index (Phi) is 1.59. The quantitative estimate of drug-likeness (QED) is 0.470.